The lowest BCUT2D eigenvalue weighted by atomic mass is 9.95. The molecule has 1 aromatic rings. The molecule has 1 saturated heterocycles. The number of methoxy groups -OCH3 is 1. The minimum atomic E-state index is -0.440. The second kappa shape index (κ2) is 5.20. The molecule has 2 aliphatic rings. The molecular formula is C15H16N2O4. The normalized spacial score (nSPS) is 20.3. The van der Waals surface area contributed by atoms with Crippen molar-refractivity contribution in [3.05, 3.63) is 35.4 Å². The van der Waals surface area contributed by atoms with E-state index in [2.05, 4.69) is 4.74 Å². The third-order valence-electron chi connectivity index (χ3n) is 4.04. The number of benzene rings is 1. The summed E-state index contributed by atoms with van der Waals surface area (Å²) in [6, 6.07) is 7.07. The Morgan fingerprint density at radius 2 is 2.00 bits per heavy atom. The van der Waals surface area contributed by atoms with Gasteiger partial charge in [0.15, 0.2) is 0 Å². The van der Waals surface area contributed by atoms with Crippen molar-refractivity contribution in [2.75, 3.05) is 13.7 Å². The quantitative estimate of drug-likeness (QED) is 0.613. The number of rotatable bonds is 3. The Morgan fingerprint density at radius 3 is 2.71 bits per heavy atom. The van der Waals surface area contributed by atoms with Crippen LogP contribution < -0.4 is 0 Å². The highest BCUT2D eigenvalue weighted by molar-refractivity contribution is 6.04. The zero-order valence-electron chi connectivity index (χ0n) is 11.7. The predicted molar refractivity (Wildman–Crippen MR) is 73.2 cm³/mol. The first-order chi connectivity index (χ1) is 10.1. The summed E-state index contributed by atoms with van der Waals surface area (Å²) in [4.78, 5) is 38.6. The predicted octanol–water partition coefficient (Wildman–Crippen LogP) is 0.939. The fraction of sp³-hybridized carbons (Fsp3) is 0.400. The van der Waals surface area contributed by atoms with Crippen LogP contribution in [0.5, 0.6) is 0 Å². The molecule has 1 aromatic carbocycles. The van der Waals surface area contributed by atoms with Crippen molar-refractivity contribution in [1.82, 2.24) is 9.80 Å². The summed E-state index contributed by atoms with van der Waals surface area (Å²) < 4.78 is 4.55. The largest absolute Gasteiger partial charge is 0.469 e. The highest BCUT2D eigenvalue weighted by Gasteiger charge is 2.46. The summed E-state index contributed by atoms with van der Waals surface area (Å²) in [6.07, 6.45) is 0.566. The molecular weight excluding hydrogens is 272 g/mol. The number of hydrogen-bond acceptors (Lipinski definition) is 4. The Balaban J connectivity index is 1.78. The van der Waals surface area contributed by atoms with Crippen LogP contribution in [0.2, 0.25) is 0 Å². The van der Waals surface area contributed by atoms with E-state index in [9.17, 15) is 14.4 Å². The summed E-state index contributed by atoms with van der Waals surface area (Å²) >= 11 is 0. The Labute approximate surface area is 122 Å². The zero-order chi connectivity index (χ0) is 15.0. The van der Waals surface area contributed by atoms with E-state index in [0.29, 0.717) is 13.0 Å². The summed E-state index contributed by atoms with van der Waals surface area (Å²) in [7, 11) is 1.29. The fourth-order valence-corrected chi connectivity index (χ4v) is 2.88. The number of amides is 3. The van der Waals surface area contributed by atoms with Crippen LogP contribution in [0.15, 0.2) is 24.3 Å². The lowest BCUT2D eigenvalue weighted by molar-refractivity contribution is -0.141. The van der Waals surface area contributed by atoms with Crippen LogP contribution in [0.1, 0.15) is 17.5 Å². The third kappa shape index (κ3) is 2.26. The number of fused-ring (bicyclic) bond motifs is 2. The van der Waals surface area contributed by atoms with Gasteiger partial charge < -0.3 is 9.64 Å². The number of nitrogens with zero attached hydrogens (tertiary/aromatic N) is 2. The van der Waals surface area contributed by atoms with E-state index in [0.717, 1.165) is 16.0 Å². The molecule has 0 spiro atoms. The van der Waals surface area contributed by atoms with Gasteiger partial charge in [0.25, 0.3) is 5.91 Å². The van der Waals surface area contributed by atoms with Gasteiger partial charge in [0.05, 0.1) is 13.5 Å². The molecule has 1 atom stereocenters. The monoisotopic (exact) mass is 288 g/mol. The molecule has 110 valence electrons. The lowest BCUT2D eigenvalue weighted by Gasteiger charge is -2.28. The molecule has 0 saturated carbocycles. The van der Waals surface area contributed by atoms with Crippen molar-refractivity contribution >= 4 is 17.9 Å². The molecule has 1 unspecified atom stereocenters. The number of ether oxygens (including phenoxy) is 1. The van der Waals surface area contributed by atoms with Crippen LogP contribution in [0.25, 0.3) is 0 Å². The molecule has 2 aliphatic heterocycles. The molecule has 0 N–H and O–H groups in total. The van der Waals surface area contributed by atoms with Crippen LogP contribution >= 0.6 is 0 Å². The standard InChI is InChI=1S/C15H16N2O4/c1-21-13(18)6-7-16-14(19)12-8-10-4-2-3-5-11(10)9-17(12)15(16)20/h2-5,12H,6-9H2,1H3. The van der Waals surface area contributed by atoms with E-state index in [1.807, 2.05) is 24.3 Å². The Bertz CT molecular complexity index is 570. The SMILES string of the molecule is COC(=O)CCN1C(=O)C2Cc3ccccc3CN2C1=O. The summed E-state index contributed by atoms with van der Waals surface area (Å²) in [5.74, 6) is -0.651. The Morgan fingerprint density at radius 1 is 1.29 bits per heavy atom. The van der Waals surface area contributed by atoms with Crippen LogP contribution in [0.4, 0.5) is 4.79 Å². The molecule has 21 heavy (non-hydrogen) atoms. The van der Waals surface area contributed by atoms with E-state index < -0.39 is 12.0 Å². The minimum Gasteiger partial charge on any atom is -0.469 e. The summed E-state index contributed by atoms with van der Waals surface area (Å²) in [5, 5.41) is 0. The third-order valence-corrected chi connectivity index (χ3v) is 4.04. The number of hydrogen-bond donors (Lipinski definition) is 0. The van der Waals surface area contributed by atoms with Gasteiger partial charge in [0, 0.05) is 19.5 Å². The molecule has 2 heterocycles. The highest BCUT2D eigenvalue weighted by atomic mass is 16.5. The van der Waals surface area contributed by atoms with Crippen molar-refractivity contribution in [2.24, 2.45) is 0 Å². The van der Waals surface area contributed by atoms with Crippen LogP contribution in [-0.2, 0) is 27.3 Å². The molecule has 0 bridgehead atoms. The van der Waals surface area contributed by atoms with Gasteiger partial charge in [-0.1, -0.05) is 24.3 Å². The molecule has 3 amide bonds. The first-order valence-electron chi connectivity index (χ1n) is 6.87. The Kier molecular flexibility index (Phi) is 3.37. The van der Waals surface area contributed by atoms with E-state index >= 15 is 0 Å². The van der Waals surface area contributed by atoms with Gasteiger partial charge in [-0.25, -0.2) is 4.79 Å². The van der Waals surface area contributed by atoms with Gasteiger partial charge in [-0.2, -0.15) is 0 Å². The molecule has 1 fully saturated rings. The maximum atomic E-state index is 12.4. The van der Waals surface area contributed by atoms with E-state index in [1.54, 1.807) is 4.90 Å². The van der Waals surface area contributed by atoms with Gasteiger partial charge in [-0.15, -0.1) is 0 Å². The number of carbonyl (C=O) groups excluding carboxylic acids is 3. The summed E-state index contributed by atoms with van der Waals surface area (Å²) in [6.45, 7) is 0.522. The molecule has 3 rings (SSSR count). The second-order valence-electron chi connectivity index (χ2n) is 5.22. The van der Waals surface area contributed by atoms with E-state index in [1.165, 1.54) is 7.11 Å². The van der Waals surface area contributed by atoms with Crippen LogP contribution in [-0.4, -0.2) is 47.4 Å². The highest BCUT2D eigenvalue weighted by Crippen LogP contribution is 2.29. The van der Waals surface area contributed by atoms with Crippen molar-refractivity contribution in [3.63, 3.8) is 0 Å². The number of carbonyl (C=O) groups is 3. The average Bonchev–Trinajstić information content (AvgIpc) is 2.74. The Hall–Kier alpha value is -2.37. The molecule has 0 aromatic heterocycles. The summed E-state index contributed by atoms with van der Waals surface area (Å²) in [5.41, 5.74) is 2.18. The van der Waals surface area contributed by atoms with Crippen molar-refractivity contribution in [2.45, 2.75) is 25.4 Å². The first-order valence-corrected chi connectivity index (χ1v) is 6.87. The van der Waals surface area contributed by atoms with Gasteiger partial charge in [0.2, 0.25) is 0 Å². The van der Waals surface area contributed by atoms with Gasteiger partial charge in [-0.3, -0.25) is 14.5 Å². The number of imide groups is 1. The number of esters is 1. The minimum absolute atomic E-state index is 0.0293. The maximum absolute atomic E-state index is 12.4. The van der Waals surface area contributed by atoms with Gasteiger partial charge in [0.1, 0.15) is 6.04 Å². The van der Waals surface area contributed by atoms with Crippen molar-refractivity contribution in [3.8, 4) is 0 Å². The average molecular weight is 288 g/mol. The first kappa shape index (κ1) is 13.6. The zero-order valence-corrected chi connectivity index (χ0v) is 11.7. The van der Waals surface area contributed by atoms with Crippen molar-refractivity contribution < 1.29 is 19.1 Å². The van der Waals surface area contributed by atoms with Gasteiger partial charge in [-0.05, 0) is 11.1 Å². The topological polar surface area (TPSA) is 66.9 Å². The van der Waals surface area contributed by atoms with E-state index in [-0.39, 0.29) is 24.9 Å². The van der Waals surface area contributed by atoms with Crippen molar-refractivity contribution in [1.29, 1.82) is 0 Å². The molecule has 6 nitrogen and oxygen atoms in total. The molecule has 0 radical (unpaired) electrons. The maximum Gasteiger partial charge on any atom is 0.327 e. The molecule has 6 heteroatoms. The van der Waals surface area contributed by atoms with Gasteiger partial charge >= 0.3 is 12.0 Å². The fourth-order valence-electron chi connectivity index (χ4n) is 2.88. The lowest BCUT2D eigenvalue weighted by Crippen LogP contribution is -2.39. The molecule has 0 aliphatic carbocycles. The second-order valence-corrected chi connectivity index (χ2v) is 5.22. The van der Waals surface area contributed by atoms with Crippen LogP contribution in [0.3, 0.4) is 0 Å². The smallest absolute Gasteiger partial charge is 0.327 e. The van der Waals surface area contributed by atoms with Crippen LogP contribution in [0, 0.1) is 0 Å². The number of urea groups is 1. The van der Waals surface area contributed by atoms with E-state index in [4.69, 9.17) is 0 Å².